The van der Waals surface area contributed by atoms with Gasteiger partial charge in [0.05, 0.1) is 25.6 Å². The van der Waals surface area contributed by atoms with E-state index in [4.69, 9.17) is 14.7 Å². The van der Waals surface area contributed by atoms with Crippen molar-refractivity contribution in [1.82, 2.24) is 9.97 Å². The molecule has 0 aliphatic carbocycles. The molecular weight excluding hydrogens is 402 g/mol. The van der Waals surface area contributed by atoms with Crippen LogP contribution in [0.4, 0.5) is 17.6 Å². The predicted octanol–water partition coefficient (Wildman–Crippen LogP) is 5.02. The summed E-state index contributed by atoms with van der Waals surface area (Å²) in [6, 6.07) is 11.3. The van der Waals surface area contributed by atoms with Crippen LogP contribution in [0.3, 0.4) is 0 Å². The Kier molecular flexibility index (Phi) is 6.47. The molecule has 3 aromatic rings. The van der Waals surface area contributed by atoms with E-state index in [2.05, 4.69) is 9.97 Å². The highest BCUT2D eigenvalue weighted by atomic mass is 19.4. The maximum atomic E-state index is 13.2. The van der Waals surface area contributed by atoms with Gasteiger partial charge in [0.2, 0.25) is 0 Å². The van der Waals surface area contributed by atoms with Crippen LogP contribution in [0, 0.1) is 17.1 Å². The summed E-state index contributed by atoms with van der Waals surface area (Å²) in [4.78, 5) is 7.31. The van der Waals surface area contributed by atoms with E-state index in [0.29, 0.717) is 23.3 Å². The summed E-state index contributed by atoms with van der Waals surface area (Å²) in [5.74, 6) is 0.248. The minimum absolute atomic E-state index is 0.194. The Morgan fingerprint density at radius 2 is 1.67 bits per heavy atom. The molecule has 2 aromatic heterocycles. The van der Waals surface area contributed by atoms with E-state index in [9.17, 15) is 17.6 Å². The van der Waals surface area contributed by atoms with Gasteiger partial charge in [-0.15, -0.1) is 0 Å². The summed E-state index contributed by atoms with van der Waals surface area (Å²) in [5, 5.41) is 9.06. The quantitative estimate of drug-likeness (QED) is 0.399. The fourth-order valence-corrected chi connectivity index (χ4v) is 2.54. The fourth-order valence-electron chi connectivity index (χ4n) is 2.54. The molecule has 0 aliphatic rings. The smallest absolute Gasteiger partial charge is 0.433 e. The van der Waals surface area contributed by atoms with E-state index in [1.807, 2.05) is 6.07 Å². The average molecular weight is 417 g/mol. The predicted molar refractivity (Wildman–Crippen MR) is 99.2 cm³/mol. The lowest BCUT2D eigenvalue weighted by molar-refractivity contribution is -0.141. The third-order valence-electron chi connectivity index (χ3n) is 3.98. The monoisotopic (exact) mass is 417 g/mol. The van der Waals surface area contributed by atoms with Crippen LogP contribution >= 0.6 is 0 Å². The van der Waals surface area contributed by atoms with Gasteiger partial charge >= 0.3 is 6.18 Å². The minimum Gasteiger partial charge on any atom is -0.492 e. The molecule has 0 bridgehead atoms. The van der Waals surface area contributed by atoms with Crippen LogP contribution in [0.1, 0.15) is 17.8 Å². The molecule has 0 N–H and O–H groups in total. The summed E-state index contributed by atoms with van der Waals surface area (Å²) in [5.41, 5.74) is 0.464. The van der Waals surface area contributed by atoms with Crippen molar-refractivity contribution in [3.63, 3.8) is 0 Å². The Labute approximate surface area is 169 Å². The molecule has 0 saturated carbocycles. The normalized spacial score (nSPS) is 11.0. The van der Waals surface area contributed by atoms with Crippen molar-refractivity contribution in [3.8, 4) is 28.7 Å². The van der Waals surface area contributed by atoms with Gasteiger partial charge in [0, 0.05) is 12.0 Å². The molecular formula is C21H15F4N3O2. The summed E-state index contributed by atoms with van der Waals surface area (Å²) >= 11 is 0. The molecule has 0 saturated heterocycles. The molecule has 0 atom stereocenters. The molecule has 0 fully saturated rings. The average Bonchev–Trinajstić information content (AvgIpc) is 2.74. The molecule has 1 aromatic carbocycles. The number of alkyl halides is 3. The first-order chi connectivity index (χ1) is 14.4. The first kappa shape index (κ1) is 21.0. The number of hydrogen-bond acceptors (Lipinski definition) is 5. The van der Waals surface area contributed by atoms with E-state index in [1.54, 1.807) is 18.2 Å². The largest absolute Gasteiger partial charge is 0.492 e. The Morgan fingerprint density at radius 3 is 2.30 bits per heavy atom. The molecule has 30 heavy (non-hydrogen) atoms. The third-order valence-corrected chi connectivity index (χ3v) is 3.98. The molecule has 0 amide bonds. The number of nitriles is 1. The van der Waals surface area contributed by atoms with Gasteiger partial charge in [0.15, 0.2) is 0 Å². The number of benzene rings is 1. The lowest BCUT2D eigenvalue weighted by Crippen LogP contribution is -2.09. The Morgan fingerprint density at radius 1 is 0.933 bits per heavy atom. The van der Waals surface area contributed by atoms with Crippen molar-refractivity contribution in [2.45, 2.75) is 12.6 Å². The topological polar surface area (TPSA) is 68.0 Å². The van der Waals surface area contributed by atoms with Gasteiger partial charge in [-0.3, -0.25) is 0 Å². The maximum absolute atomic E-state index is 13.2. The zero-order valence-electron chi connectivity index (χ0n) is 15.5. The summed E-state index contributed by atoms with van der Waals surface area (Å²) in [6.07, 6.45) is -1.63. The van der Waals surface area contributed by atoms with Crippen LogP contribution < -0.4 is 9.47 Å². The zero-order valence-corrected chi connectivity index (χ0v) is 15.5. The molecule has 0 radical (unpaired) electrons. The van der Waals surface area contributed by atoms with Crippen LogP contribution in [0.15, 0.2) is 54.9 Å². The Hall–Kier alpha value is -3.67. The van der Waals surface area contributed by atoms with E-state index >= 15 is 0 Å². The highest BCUT2D eigenvalue weighted by Gasteiger charge is 2.32. The second-order valence-electron chi connectivity index (χ2n) is 6.11. The molecule has 154 valence electrons. The van der Waals surface area contributed by atoms with Gasteiger partial charge in [0.1, 0.15) is 34.8 Å². The number of pyridine rings is 2. The number of halogens is 4. The second kappa shape index (κ2) is 9.22. The first-order valence-corrected chi connectivity index (χ1v) is 8.82. The van der Waals surface area contributed by atoms with Gasteiger partial charge in [-0.2, -0.15) is 18.4 Å². The molecule has 0 unspecified atom stereocenters. The number of hydrogen-bond donors (Lipinski definition) is 0. The highest BCUT2D eigenvalue weighted by Crippen LogP contribution is 2.30. The fraction of sp³-hybridized carbons (Fsp3) is 0.190. The van der Waals surface area contributed by atoms with Crippen molar-refractivity contribution in [2.24, 2.45) is 0 Å². The van der Waals surface area contributed by atoms with Crippen molar-refractivity contribution >= 4 is 0 Å². The lowest BCUT2D eigenvalue weighted by atomic mass is 10.1. The van der Waals surface area contributed by atoms with E-state index in [0.717, 1.165) is 12.3 Å². The van der Waals surface area contributed by atoms with E-state index in [-0.39, 0.29) is 30.5 Å². The second-order valence-corrected chi connectivity index (χ2v) is 6.11. The van der Waals surface area contributed by atoms with Crippen LogP contribution in [-0.2, 0) is 6.18 Å². The maximum Gasteiger partial charge on any atom is 0.433 e. The van der Waals surface area contributed by atoms with Gasteiger partial charge < -0.3 is 9.47 Å². The molecule has 3 rings (SSSR count). The molecule has 0 aliphatic heterocycles. The molecule has 9 heteroatoms. The molecule has 2 heterocycles. The van der Waals surface area contributed by atoms with E-state index < -0.39 is 11.9 Å². The van der Waals surface area contributed by atoms with Crippen LogP contribution in [-0.4, -0.2) is 23.2 Å². The van der Waals surface area contributed by atoms with Crippen molar-refractivity contribution in [1.29, 1.82) is 5.26 Å². The summed E-state index contributed by atoms with van der Waals surface area (Å²) in [6.45, 7) is 0.429. The highest BCUT2D eigenvalue weighted by molar-refractivity contribution is 5.70. The number of rotatable bonds is 7. The minimum atomic E-state index is -4.50. The van der Waals surface area contributed by atoms with Crippen LogP contribution in [0.25, 0.3) is 11.1 Å². The first-order valence-electron chi connectivity index (χ1n) is 8.82. The Bertz CT molecular complexity index is 1030. The zero-order chi connectivity index (χ0) is 21.6. The number of nitrogens with zero attached hydrogens (tertiary/aromatic N) is 3. The lowest BCUT2D eigenvalue weighted by Gasteiger charge is -2.12. The van der Waals surface area contributed by atoms with E-state index in [1.165, 1.54) is 24.4 Å². The van der Waals surface area contributed by atoms with Crippen LogP contribution in [0.5, 0.6) is 11.5 Å². The summed E-state index contributed by atoms with van der Waals surface area (Å²) in [7, 11) is 0. The van der Waals surface area contributed by atoms with Crippen molar-refractivity contribution < 1.29 is 27.0 Å². The third kappa shape index (κ3) is 5.44. The van der Waals surface area contributed by atoms with Crippen molar-refractivity contribution in [2.75, 3.05) is 13.2 Å². The van der Waals surface area contributed by atoms with Gasteiger partial charge in [-0.05, 0) is 35.9 Å². The molecule has 5 nitrogen and oxygen atoms in total. The number of ether oxygens (including phenoxy) is 2. The van der Waals surface area contributed by atoms with Gasteiger partial charge in [-0.25, -0.2) is 14.4 Å². The van der Waals surface area contributed by atoms with Gasteiger partial charge in [0.25, 0.3) is 0 Å². The number of aromatic nitrogens is 2. The summed E-state index contributed by atoms with van der Waals surface area (Å²) < 4.78 is 61.7. The van der Waals surface area contributed by atoms with Crippen LogP contribution in [0.2, 0.25) is 0 Å². The van der Waals surface area contributed by atoms with Gasteiger partial charge in [-0.1, -0.05) is 12.1 Å². The standard InChI is InChI=1S/C21H15F4N3O2/c22-15-4-2-14(3-5-15)18-10-16(11-26)27-13-19(18)30-9-1-8-29-17-6-7-20(28-12-17)21(23,24)25/h2-7,10,12-13H,1,8-9H2. The molecule has 0 spiro atoms. The van der Waals surface area contributed by atoms with Crippen molar-refractivity contribution in [3.05, 3.63) is 72.1 Å². The SMILES string of the molecule is N#Cc1cc(-c2ccc(F)cc2)c(OCCCOc2ccc(C(F)(F)F)nc2)cn1. The Balaban J connectivity index is 1.57.